The van der Waals surface area contributed by atoms with Crippen molar-refractivity contribution in [2.45, 2.75) is 24.6 Å². The molecule has 0 bridgehead atoms. The lowest BCUT2D eigenvalue weighted by molar-refractivity contribution is 0.881. The van der Waals surface area contributed by atoms with Gasteiger partial charge in [0.15, 0.2) is 5.65 Å². The van der Waals surface area contributed by atoms with E-state index in [0.717, 1.165) is 41.1 Å². The molecule has 0 aliphatic carbocycles. The molecule has 144 valence electrons. The predicted octanol–water partition coefficient (Wildman–Crippen LogP) is 4.97. The van der Waals surface area contributed by atoms with Crippen molar-refractivity contribution in [3.8, 4) is 11.3 Å². The number of hydrogen-bond donors (Lipinski definition) is 1. The summed E-state index contributed by atoms with van der Waals surface area (Å²) in [6, 6.07) is 16.4. The van der Waals surface area contributed by atoms with Gasteiger partial charge in [0.1, 0.15) is 5.82 Å². The second-order valence-corrected chi connectivity index (χ2v) is 8.29. The minimum absolute atomic E-state index is 0.567. The third kappa shape index (κ3) is 3.89. The van der Waals surface area contributed by atoms with Gasteiger partial charge in [-0.2, -0.15) is 9.61 Å². The minimum Gasteiger partial charge on any atom is -0.366 e. The van der Waals surface area contributed by atoms with Gasteiger partial charge < -0.3 is 5.32 Å². The zero-order valence-corrected chi connectivity index (χ0v) is 16.7. The molecule has 1 aromatic carbocycles. The fourth-order valence-electron chi connectivity index (χ4n) is 3.54. The lowest BCUT2D eigenvalue weighted by atomic mass is 10.1. The first-order chi connectivity index (χ1) is 14.4. The molecule has 3 aromatic heterocycles. The highest BCUT2D eigenvalue weighted by atomic mass is 32.2. The average Bonchev–Trinajstić information content (AvgIpc) is 3.44. The Balaban J connectivity index is 1.53. The summed E-state index contributed by atoms with van der Waals surface area (Å²) in [5, 5.41) is 10.9. The Morgan fingerprint density at radius 3 is 2.83 bits per heavy atom. The van der Waals surface area contributed by atoms with Gasteiger partial charge in [-0.1, -0.05) is 42.5 Å². The number of rotatable bonds is 6. The van der Waals surface area contributed by atoms with Crippen LogP contribution in [-0.4, -0.2) is 24.8 Å². The van der Waals surface area contributed by atoms with Gasteiger partial charge in [-0.15, -0.1) is 11.8 Å². The maximum atomic E-state index is 4.98. The van der Waals surface area contributed by atoms with Crippen LogP contribution in [0.4, 0.5) is 5.82 Å². The molecule has 0 saturated carbocycles. The predicted molar refractivity (Wildman–Crippen MR) is 119 cm³/mol. The molecule has 5 rings (SSSR count). The molecular weight excluding hydrogens is 378 g/mol. The van der Waals surface area contributed by atoms with Crippen molar-refractivity contribution in [2.75, 3.05) is 5.32 Å². The summed E-state index contributed by atoms with van der Waals surface area (Å²) in [5.41, 5.74) is 5.29. The van der Waals surface area contributed by atoms with E-state index >= 15 is 0 Å². The van der Waals surface area contributed by atoms with Gasteiger partial charge in [0.2, 0.25) is 0 Å². The highest BCUT2D eigenvalue weighted by Gasteiger charge is 2.18. The largest absolute Gasteiger partial charge is 0.366 e. The van der Waals surface area contributed by atoms with Crippen molar-refractivity contribution in [3.05, 3.63) is 89.7 Å². The number of pyridine rings is 1. The summed E-state index contributed by atoms with van der Waals surface area (Å²) in [6.07, 6.45) is 9.94. The Hall–Kier alpha value is -3.12. The highest BCUT2D eigenvalue weighted by molar-refractivity contribution is 8.03. The molecule has 4 aromatic rings. The summed E-state index contributed by atoms with van der Waals surface area (Å²) in [4.78, 5) is 9.18. The molecular formula is C23H21N5S. The number of nitrogens with one attached hydrogen (secondary N) is 1. The number of aromatic nitrogens is 4. The van der Waals surface area contributed by atoms with Crippen LogP contribution in [0.2, 0.25) is 0 Å². The van der Waals surface area contributed by atoms with Crippen LogP contribution in [0, 0.1) is 0 Å². The lowest BCUT2D eigenvalue weighted by Crippen LogP contribution is -2.08. The molecule has 29 heavy (non-hydrogen) atoms. The fourth-order valence-corrected chi connectivity index (χ4v) is 4.48. The van der Waals surface area contributed by atoms with Crippen LogP contribution >= 0.6 is 11.8 Å². The summed E-state index contributed by atoms with van der Waals surface area (Å²) in [5.74, 6) is 0.932. The molecule has 0 spiro atoms. The van der Waals surface area contributed by atoms with Gasteiger partial charge >= 0.3 is 0 Å². The first kappa shape index (κ1) is 17.9. The van der Waals surface area contributed by atoms with Gasteiger partial charge in [-0.05, 0) is 29.9 Å². The number of thioether (sulfide) groups is 1. The Morgan fingerprint density at radius 1 is 1.10 bits per heavy atom. The number of allylic oxidation sites excluding steroid dienone is 1. The van der Waals surface area contributed by atoms with Gasteiger partial charge in [0.05, 0.1) is 11.9 Å². The van der Waals surface area contributed by atoms with Gasteiger partial charge in [0.25, 0.3) is 0 Å². The number of hydrogen-bond acceptors (Lipinski definition) is 5. The van der Waals surface area contributed by atoms with E-state index in [0.29, 0.717) is 11.8 Å². The SMILES string of the molecule is C1=CSC(Cc2cnn3c(NCc4cccnc4)cc(-c4ccccc4)nc23)C1. The Bertz CT molecular complexity index is 1130. The molecule has 0 amide bonds. The van der Waals surface area contributed by atoms with E-state index in [1.807, 2.05) is 52.9 Å². The van der Waals surface area contributed by atoms with Crippen LogP contribution in [0.5, 0.6) is 0 Å². The van der Waals surface area contributed by atoms with Gasteiger partial charge in [-0.25, -0.2) is 4.98 Å². The summed E-state index contributed by atoms with van der Waals surface area (Å²) in [7, 11) is 0. The molecule has 5 nitrogen and oxygen atoms in total. The molecule has 0 fully saturated rings. The van der Waals surface area contributed by atoms with Crippen molar-refractivity contribution < 1.29 is 0 Å². The molecule has 1 aliphatic heterocycles. The van der Waals surface area contributed by atoms with E-state index in [9.17, 15) is 0 Å². The smallest absolute Gasteiger partial charge is 0.161 e. The standard InChI is InChI=1S/C23H21N5S/c1-2-7-18(8-3-1)21-13-22(25-15-17-6-4-10-24-14-17)28-23(27-21)19(16-26-28)12-20-9-5-11-29-20/h1-8,10-11,13-14,16,20,25H,9,12,15H2. The number of fused-ring (bicyclic) bond motifs is 1. The normalized spacial score (nSPS) is 15.8. The third-order valence-corrected chi connectivity index (χ3v) is 6.12. The molecule has 1 N–H and O–H groups in total. The Kier molecular flexibility index (Phi) is 5.01. The second-order valence-electron chi connectivity index (χ2n) is 7.08. The van der Waals surface area contributed by atoms with Crippen LogP contribution in [-0.2, 0) is 13.0 Å². The zero-order valence-electron chi connectivity index (χ0n) is 15.9. The molecule has 4 heterocycles. The maximum Gasteiger partial charge on any atom is 0.161 e. The van der Waals surface area contributed by atoms with E-state index in [2.05, 4.69) is 51.1 Å². The number of benzene rings is 1. The van der Waals surface area contributed by atoms with E-state index < -0.39 is 0 Å². The third-order valence-electron chi connectivity index (χ3n) is 5.02. The molecule has 0 saturated heterocycles. The van der Waals surface area contributed by atoms with Crippen molar-refractivity contribution >= 4 is 23.2 Å². The maximum absolute atomic E-state index is 4.98. The van der Waals surface area contributed by atoms with Crippen molar-refractivity contribution in [1.29, 1.82) is 0 Å². The van der Waals surface area contributed by atoms with Gasteiger partial charge in [-0.3, -0.25) is 4.98 Å². The van der Waals surface area contributed by atoms with Crippen LogP contribution in [0.15, 0.2) is 78.6 Å². The molecule has 1 aliphatic rings. The average molecular weight is 400 g/mol. The van der Waals surface area contributed by atoms with Crippen LogP contribution < -0.4 is 5.32 Å². The highest BCUT2D eigenvalue weighted by Crippen LogP contribution is 2.30. The van der Waals surface area contributed by atoms with Crippen molar-refractivity contribution in [1.82, 2.24) is 19.6 Å². The van der Waals surface area contributed by atoms with E-state index in [1.54, 1.807) is 6.20 Å². The number of nitrogens with zero attached hydrogens (tertiary/aromatic N) is 4. The van der Waals surface area contributed by atoms with Crippen molar-refractivity contribution in [3.63, 3.8) is 0 Å². The first-order valence-electron chi connectivity index (χ1n) is 9.73. The number of anilines is 1. The Labute approximate surface area is 173 Å². The molecule has 0 radical (unpaired) electrons. The quantitative estimate of drug-likeness (QED) is 0.496. The first-order valence-corrected chi connectivity index (χ1v) is 10.7. The van der Waals surface area contributed by atoms with Crippen LogP contribution in [0.25, 0.3) is 16.9 Å². The Morgan fingerprint density at radius 2 is 2.03 bits per heavy atom. The second kappa shape index (κ2) is 8.09. The topological polar surface area (TPSA) is 55.1 Å². The molecule has 6 heteroatoms. The minimum atomic E-state index is 0.567. The summed E-state index contributed by atoms with van der Waals surface area (Å²) >= 11 is 1.89. The van der Waals surface area contributed by atoms with Gasteiger partial charge in [0, 0.05) is 41.4 Å². The van der Waals surface area contributed by atoms with E-state index in [4.69, 9.17) is 4.98 Å². The summed E-state index contributed by atoms with van der Waals surface area (Å²) in [6.45, 7) is 0.679. The van der Waals surface area contributed by atoms with Crippen LogP contribution in [0.3, 0.4) is 0 Å². The fraction of sp³-hybridized carbons (Fsp3) is 0.174. The zero-order chi connectivity index (χ0) is 19.5. The van der Waals surface area contributed by atoms with Crippen LogP contribution in [0.1, 0.15) is 17.5 Å². The van der Waals surface area contributed by atoms with E-state index in [1.165, 1.54) is 5.56 Å². The van der Waals surface area contributed by atoms with E-state index in [-0.39, 0.29) is 0 Å². The molecule has 1 unspecified atom stereocenters. The monoisotopic (exact) mass is 399 g/mol. The van der Waals surface area contributed by atoms with Crippen molar-refractivity contribution in [2.24, 2.45) is 0 Å². The lowest BCUT2D eigenvalue weighted by Gasteiger charge is -2.12. The molecule has 1 atom stereocenters. The summed E-state index contributed by atoms with van der Waals surface area (Å²) < 4.78 is 1.92.